The van der Waals surface area contributed by atoms with E-state index in [0.717, 1.165) is 30.3 Å². The second kappa shape index (κ2) is 14.0. The third kappa shape index (κ3) is 10.6. The summed E-state index contributed by atoms with van der Waals surface area (Å²) in [4.78, 5) is 29.2. The lowest BCUT2D eigenvalue weighted by molar-refractivity contribution is -0.193. The fourth-order valence-electron chi connectivity index (χ4n) is 4.02. The summed E-state index contributed by atoms with van der Waals surface area (Å²) in [5.41, 5.74) is 2.37. The van der Waals surface area contributed by atoms with E-state index in [-0.39, 0.29) is 0 Å². The number of aliphatic carboxylic acids is 2. The third-order valence-corrected chi connectivity index (χ3v) is 5.92. The Kier molecular flexibility index (Phi) is 11.3. The zero-order chi connectivity index (χ0) is 29.2. The minimum Gasteiger partial charge on any atom is -0.475 e. The molecule has 1 aliphatic heterocycles. The van der Waals surface area contributed by atoms with E-state index < -0.39 is 24.3 Å². The van der Waals surface area contributed by atoms with Gasteiger partial charge in [-0.3, -0.25) is 0 Å². The predicted molar refractivity (Wildman–Crippen MR) is 128 cm³/mol. The van der Waals surface area contributed by atoms with Crippen molar-refractivity contribution in [3.05, 3.63) is 48.8 Å². The lowest BCUT2D eigenvalue weighted by atomic mass is 9.96. The van der Waals surface area contributed by atoms with Crippen molar-refractivity contribution in [1.82, 2.24) is 24.0 Å². The number of alkyl halides is 6. The summed E-state index contributed by atoms with van der Waals surface area (Å²) >= 11 is 0. The van der Waals surface area contributed by atoms with E-state index in [1.54, 1.807) is 0 Å². The molecule has 1 saturated heterocycles. The van der Waals surface area contributed by atoms with Gasteiger partial charge < -0.3 is 24.2 Å². The maximum Gasteiger partial charge on any atom is 0.490 e. The molecular formula is C24H29F6N5O4. The maximum absolute atomic E-state index is 10.6. The first-order valence-corrected chi connectivity index (χ1v) is 11.9. The van der Waals surface area contributed by atoms with E-state index in [2.05, 4.69) is 61.4 Å². The van der Waals surface area contributed by atoms with Crippen LogP contribution < -0.4 is 0 Å². The van der Waals surface area contributed by atoms with Crippen LogP contribution in [-0.4, -0.2) is 78.1 Å². The highest BCUT2D eigenvalue weighted by atomic mass is 19.4. The molecule has 0 aliphatic carbocycles. The van der Waals surface area contributed by atoms with Crippen LogP contribution in [0.25, 0.3) is 11.0 Å². The molecular weight excluding hydrogens is 536 g/mol. The van der Waals surface area contributed by atoms with Crippen molar-refractivity contribution < 1.29 is 46.1 Å². The number of carboxylic acid groups (broad SMARTS) is 2. The van der Waals surface area contributed by atoms with Crippen LogP contribution in [-0.2, 0) is 22.7 Å². The van der Waals surface area contributed by atoms with Crippen LogP contribution in [0.5, 0.6) is 0 Å². The number of hydrogen-bond donors (Lipinski definition) is 2. The first kappa shape index (κ1) is 31.6. The van der Waals surface area contributed by atoms with Crippen molar-refractivity contribution in [2.24, 2.45) is 5.92 Å². The van der Waals surface area contributed by atoms with Crippen LogP contribution in [0.15, 0.2) is 43.0 Å². The average Bonchev–Trinajstić information content (AvgIpc) is 3.47. The standard InChI is InChI=1S/C20H27N5.2C2HF3O2/c1-17-22-19-5-2-3-6-20(19)25(17)11-4-10-23-12-7-18(8-13-23)15-24-14-9-21-16-24;2*3-2(4,5)1(6)7/h2-3,5-6,9,14,16,18H,4,7-8,10-13,15H2,1H3;2*(H,6,7). The van der Waals surface area contributed by atoms with Gasteiger partial charge in [0.1, 0.15) is 5.82 Å². The quantitative estimate of drug-likeness (QED) is 0.420. The molecule has 39 heavy (non-hydrogen) atoms. The molecule has 1 aliphatic rings. The van der Waals surface area contributed by atoms with Gasteiger partial charge in [-0.15, -0.1) is 0 Å². The van der Waals surface area contributed by atoms with Gasteiger partial charge in [0.05, 0.1) is 17.4 Å². The Bertz CT molecular complexity index is 1160. The van der Waals surface area contributed by atoms with Crippen molar-refractivity contribution in [2.45, 2.75) is 51.6 Å². The number of imidazole rings is 2. The molecule has 0 atom stereocenters. The number of benzene rings is 1. The largest absolute Gasteiger partial charge is 0.490 e. The summed E-state index contributed by atoms with van der Waals surface area (Å²) in [7, 11) is 0. The molecule has 0 amide bonds. The molecule has 2 aromatic heterocycles. The van der Waals surface area contributed by atoms with Crippen LogP contribution in [0.2, 0.25) is 0 Å². The number of rotatable bonds is 6. The minimum atomic E-state index is -5.08. The second-order valence-corrected chi connectivity index (χ2v) is 8.80. The summed E-state index contributed by atoms with van der Waals surface area (Å²) in [6.07, 6.45) is -0.505. The summed E-state index contributed by atoms with van der Waals surface area (Å²) in [5.74, 6) is -3.59. The van der Waals surface area contributed by atoms with Gasteiger partial charge in [0, 0.05) is 25.5 Å². The maximum atomic E-state index is 10.6. The van der Waals surface area contributed by atoms with Crippen LogP contribution in [0.3, 0.4) is 0 Å². The van der Waals surface area contributed by atoms with Crippen LogP contribution in [0.4, 0.5) is 26.3 Å². The van der Waals surface area contributed by atoms with Gasteiger partial charge in [-0.1, -0.05) is 12.1 Å². The topological polar surface area (TPSA) is 113 Å². The number of hydrogen-bond acceptors (Lipinski definition) is 5. The molecule has 3 aromatic rings. The van der Waals surface area contributed by atoms with Crippen molar-refractivity contribution in [3.8, 4) is 0 Å². The number of carbonyl (C=O) groups is 2. The highest BCUT2D eigenvalue weighted by Gasteiger charge is 2.38. The van der Waals surface area contributed by atoms with E-state index >= 15 is 0 Å². The number of aromatic nitrogens is 4. The van der Waals surface area contributed by atoms with Crippen molar-refractivity contribution >= 4 is 23.0 Å². The van der Waals surface area contributed by atoms with E-state index in [4.69, 9.17) is 19.8 Å². The summed E-state index contributed by atoms with van der Waals surface area (Å²) < 4.78 is 68.0. The van der Waals surface area contributed by atoms with Gasteiger partial charge in [0.15, 0.2) is 0 Å². The first-order valence-electron chi connectivity index (χ1n) is 11.9. The number of likely N-dealkylation sites (tertiary alicyclic amines) is 1. The smallest absolute Gasteiger partial charge is 0.475 e. The number of para-hydroxylation sites is 2. The number of aryl methyl sites for hydroxylation is 2. The molecule has 4 rings (SSSR count). The molecule has 2 N–H and O–H groups in total. The Morgan fingerprint density at radius 3 is 2.05 bits per heavy atom. The Labute approximate surface area is 219 Å². The van der Waals surface area contributed by atoms with E-state index in [1.807, 2.05) is 12.5 Å². The number of fused-ring (bicyclic) bond motifs is 1. The molecule has 216 valence electrons. The highest BCUT2D eigenvalue weighted by Crippen LogP contribution is 2.20. The fourth-order valence-corrected chi connectivity index (χ4v) is 4.02. The van der Waals surface area contributed by atoms with Crippen molar-refractivity contribution in [2.75, 3.05) is 19.6 Å². The Morgan fingerprint density at radius 1 is 0.974 bits per heavy atom. The number of nitrogens with zero attached hydrogens (tertiary/aromatic N) is 5. The van der Waals surface area contributed by atoms with Crippen LogP contribution >= 0.6 is 0 Å². The lowest BCUT2D eigenvalue weighted by Crippen LogP contribution is -2.35. The molecule has 15 heteroatoms. The SMILES string of the molecule is Cc1nc2ccccc2n1CCCN1CCC(Cn2ccnc2)CC1.O=C(O)C(F)(F)F.O=C(O)C(F)(F)F. The molecule has 3 heterocycles. The van der Waals surface area contributed by atoms with Gasteiger partial charge in [-0.25, -0.2) is 19.6 Å². The Hall–Kier alpha value is -3.62. The van der Waals surface area contributed by atoms with Gasteiger partial charge in [-0.2, -0.15) is 26.3 Å². The van der Waals surface area contributed by atoms with Crippen molar-refractivity contribution in [1.29, 1.82) is 0 Å². The third-order valence-electron chi connectivity index (χ3n) is 5.92. The van der Waals surface area contributed by atoms with Gasteiger partial charge in [0.25, 0.3) is 0 Å². The summed E-state index contributed by atoms with van der Waals surface area (Å²) in [6, 6.07) is 8.44. The number of piperidine rings is 1. The number of halogens is 6. The van der Waals surface area contributed by atoms with E-state index in [9.17, 15) is 26.3 Å². The highest BCUT2D eigenvalue weighted by molar-refractivity contribution is 5.75. The van der Waals surface area contributed by atoms with Gasteiger partial charge >= 0.3 is 24.3 Å². The van der Waals surface area contributed by atoms with E-state index in [0.29, 0.717) is 0 Å². The Morgan fingerprint density at radius 2 is 1.54 bits per heavy atom. The zero-order valence-electron chi connectivity index (χ0n) is 21.0. The van der Waals surface area contributed by atoms with Crippen LogP contribution in [0.1, 0.15) is 25.1 Å². The molecule has 1 fully saturated rings. The normalized spacial score (nSPS) is 14.7. The lowest BCUT2D eigenvalue weighted by Gasteiger charge is -2.32. The summed E-state index contributed by atoms with van der Waals surface area (Å²) in [6.45, 7) is 7.92. The number of carboxylic acids is 2. The minimum absolute atomic E-state index is 0.797. The van der Waals surface area contributed by atoms with Gasteiger partial charge in [-0.05, 0) is 63.9 Å². The Balaban J connectivity index is 0.000000317. The van der Waals surface area contributed by atoms with E-state index in [1.165, 1.54) is 44.4 Å². The fraction of sp³-hybridized carbons (Fsp3) is 0.500. The van der Waals surface area contributed by atoms with Crippen LogP contribution in [0, 0.1) is 12.8 Å². The average molecular weight is 566 g/mol. The second-order valence-electron chi connectivity index (χ2n) is 8.80. The zero-order valence-corrected chi connectivity index (χ0v) is 21.0. The molecule has 0 radical (unpaired) electrons. The molecule has 0 saturated carbocycles. The molecule has 0 bridgehead atoms. The first-order chi connectivity index (χ1) is 18.2. The summed E-state index contributed by atoms with van der Waals surface area (Å²) in [5, 5.41) is 14.2. The molecule has 0 unspecified atom stereocenters. The molecule has 1 aromatic carbocycles. The molecule has 0 spiro atoms. The predicted octanol–water partition coefficient (Wildman–Crippen LogP) is 4.61. The van der Waals surface area contributed by atoms with Gasteiger partial charge in [0.2, 0.25) is 0 Å². The van der Waals surface area contributed by atoms with Crippen molar-refractivity contribution in [3.63, 3.8) is 0 Å². The monoisotopic (exact) mass is 565 g/mol. The molecule has 9 nitrogen and oxygen atoms in total.